The van der Waals surface area contributed by atoms with Crippen LogP contribution in [0, 0.1) is 6.92 Å². The van der Waals surface area contributed by atoms with Gasteiger partial charge in [-0.2, -0.15) is 0 Å². The second-order valence-electron chi connectivity index (χ2n) is 6.51. The topological polar surface area (TPSA) is 57.7 Å². The normalized spacial score (nSPS) is 12.5. The van der Waals surface area contributed by atoms with Gasteiger partial charge in [0.15, 0.2) is 0 Å². The van der Waals surface area contributed by atoms with Crippen LogP contribution >= 0.6 is 23.2 Å². The fourth-order valence-corrected chi connectivity index (χ4v) is 4.39. The van der Waals surface area contributed by atoms with Gasteiger partial charge in [0.25, 0.3) is 0 Å². The largest absolute Gasteiger partial charge is 0.340 e. The van der Waals surface area contributed by atoms with Crippen LogP contribution in [0.2, 0.25) is 10.0 Å². The first-order valence-corrected chi connectivity index (χ1v) is 10.9. The van der Waals surface area contributed by atoms with Crippen LogP contribution in [0.15, 0.2) is 42.5 Å². The number of hydrogen-bond acceptors (Lipinski definition) is 3. The zero-order chi connectivity index (χ0) is 20.4. The van der Waals surface area contributed by atoms with E-state index in [9.17, 15) is 13.2 Å². The molecule has 146 valence electrons. The van der Waals surface area contributed by atoms with Crippen molar-refractivity contribution in [1.82, 2.24) is 4.90 Å². The molecule has 0 aliphatic rings. The second kappa shape index (κ2) is 8.50. The molecular formula is C19H22Cl2N2O3S. The minimum absolute atomic E-state index is 0.177. The van der Waals surface area contributed by atoms with Crippen molar-refractivity contribution in [2.24, 2.45) is 0 Å². The van der Waals surface area contributed by atoms with Gasteiger partial charge in [-0.3, -0.25) is 9.10 Å². The number of sulfonamides is 1. The van der Waals surface area contributed by atoms with Gasteiger partial charge in [0.05, 0.1) is 17.0 Å². The molecule has 0 aliphatic heterocycles. The number of rotatable bonds is 6. The Labute approximate surface area is 170 Å². The van der Waals surface area contributed by atoms with Crippen LogP contribution in [0.25, 0.3) is 0 Å². The Bertz CT molecular complexity index is 930. The third-order valence-corrected chi connectivity index (χ3v) is 5.91. The Balaban J connectivity index is 2.31. The number of benzene rings is 2. The van der Waals surface area contributed by atoms with Crippen LogP contribution in [0.1, 0.15) is 18.1 Å². The van der Waals surface area contributed by atoms with E-state index in [-0.39, 0.29) is 16.6 Å². The third-order valence-electron chi connectivity index (χ3n) is 4.13. The molecule has 5 nitrogen and oxygen atoms in total. The molecular weight excluding hydrogens is 407 g/mol. The molecule has 2 rings (SSSR count). The van der Waals surface area contributed by atoms with Gasteiger partial charge in [-0.1, -0.05) is 53.0 Å². The molecule has 0 aliphatic carbocycles. The van der Waals surface area contributed by atoms with Crippen molar-refractivity contribution in [1.29, 1.82) is 0 Å². The van der Waals surface area contributed by atoms with Gasteiger partial charge in [0.1, 0.15) is 6.04 Å². The summed E-state index contributed by atoms with van der Waals surface area (Å²) in [6.07, 6.45) is 1.04. The number of amides is 1. The highest BCUT2D eigenvalue weighted by Crippen LogP contribution is 2.32. The number of nitrogens with zero attached hydrogens (tertiary/aromatic N) is 2. The summed E-state index contributed by atoms with van der Waals surface area (Å²) in [6, 6.07) is 11.3. The zero-order valence-corrected chi connectivity index (χ0v) is 17.9. The van der Waals surface area contributed by atoms with E-state index in [1.807, 2.05) is 31.2 Å². The number of carbonyl (C=O) groups excluding carboxylic acids is 1. The van der Waals surface area contributed by atoms with Gasteiger partial charge >= 0.3 is 0 Å². The first-order chi connectivity index (χ1) is 12.5. The van der Waals surface area contributed by atoms with Crippen molar-refractivity contribution in [3.8, 4) is 0 Å². The lowest BCUT2D eigenvalue weighted by Crippen LogP contribution is -2.48. The number of likely N-dealkylation sites (N-methyl/N-ethyl adjacent to an activating group) is 1. The average Bonchev–Trinajstić information content (AvgIpc) is 2.58. The molecule has 0 spiro atoms. The van der Waals surface area contributed by atoms with Crippen molar-refractivity contribution in [3.63, 3.8) is 0 Å². The van der Waals surface area contributed by atoms with Crippen LogP contribution in [0.5, 0.6) is 0 Å². The molecule has 0 fully saturated rings. The van der Waals surface area contributed by atoms with Crippen LogP contribution in [0.3, 0.4) is 0 Å². The molecule has 0 aromatic heterocycles. The van der Waals surface area contributed by atoms with Gasteiger partial charge in [0.2, 0.25) is 15.9 Å². The SMILES string of the molecule is Cc1ccc(CN(C)C(=O)[C@H](C)N(c2cc(Cl)ccc2Cl)S(C)(=O)=O)cc1. The Morgan fingerprint density at radius 1 is 1.11 bits per heavy atom. The van der Waals surface area contributed by atoms with E-state index in [4.69, 9.17) is 23.2 Å². The van der Waals surface area contributed by atoms with Gasteiger partial charge in [-0.25, -0.2) is 8.42 Å². The van der Waals surface area contributed by atoms with E-state index in [1.165, 1.54) is 24.0 Å². The molecule has 0 saturated heterocycles. The molecule has 0 saturated carbocycles. The van der Waals surface area contributed by atoms with E-state index in [0.717, 1.165) is 21.7 Å². The van der Waals surface area contributed by atoms with E-state index < -0.39 is 16.1 Å². The molecule has 27 heavy (non-hydrogen) atoms. The van der Waals surface area contributed by atoms with Gasteiger partial charge in [-0.05, 0) is 37.6 Å². The van der Waals surface area contributed by atoms with E-state index in [1.54, 1.807) is 13.1 Å². The number of anilines is 1. The average molecular weight is 429 g/mol. The molecule has 0 bridgehead atoms. The summed E-state index contributed by atoms with van der Waals surface area (Å²) in [4.78, 5) is 14.4. The van der Waals surface area contributed by atoms with Crippen molar-refractivity contribution >= 4 is 44.8 Å². The summed E-state index contributed by atoms with van der Waals surface area (Å²) < 4.78 is 25.8. The fourth-order valence-electron chi connectivity index (χ4n) is 2.79. The summed E-state index contributed by atoms with van der Waals surface area (Å²) in [5, 5.41) is 0.529. The maximum Gasteiger partial charge on any atom is 0.246 e. The minimum atomic E-state index is -3.77. The van der Waals surface area contributed by atoms with Crippen LogP contribution < -0.4 is 4.31 Å². The molecule has 1 amide bonds. The van der Waals surface area contributed by atoms with Gasteiger partial charge in [-0.15, -0.1) is 0 Å². The predicted octanol–water partition coefficient (Wildman–Crippen LogP) is 4.11. The molecule has 8 heteroatoms. The summed E-state index contributed by atoms with van der Waals surface area (Å²) in [6.45, 7) is 3.88. The quantitative estimate of drug-likeness (QED) is 0.695. The van der Waals surface area contributed by atoms with Crippen molar-refractivity contribution in [3.05, 3.63) is 63.6 Å². The highest BCUT2D eigenvalue weighted by atomic mass is 35.5. The Morgan fingerprint density at radius 3 is 2.26 bits per heavy atom. The molecule has 1 atom stereocenters. The maximum absolute atomic E-state index is 12.9. The van der Waals surface area contributed by atoms with Gasteiger partial charge in [0, 0.05) is 18.6 Å². The number of halogens is 2. The van der Waals surface area contributed by atoms with Crippen molar-refractivity contribution in [2.45, 2.75) is 26.4 Å². The van der Waals surface area contributed by atoms with E-state index >= 15 is 0 Å². The number of aryl methyl sites for hydroxylation is 1. The first-order valence-electron chi connectivity index (χ1n) is 8.25. The van der Waals surface area contributed by atoms with Crippen molar-refractivity contribution in [2.75, 3.05) is 17.6 Å². The van der Waals surface area contributed by atoms with E-state index in [0.29, 0.717) is 11.6 Å². The Morgan fingerprint density at radius 2 is 1.70 bits per heavy atom. The van der Waals surface area contributed by atoms with Gasteiger partial charge < -0.3 is 4.90 Å². The third kappa shape index (κ3) is 5.37. The lowest BCUT2D eigenvalue weighted by Gasteiger charge is -2.31. The molecule has 0 heterocycles. The molecule has 0 radical (unpaired) electrons. The lowest BCUT2D eigenvalue weighted by molar-refractivity contribution is -0.131. The molecule has 2 aromatic rings. The maximum atomic E-state index is 12.9. The molecule has 0 unspecified atom stereocenters. The summed E-state index contributed by atoms with van der Waals surface area (Å²) in [7, 11) is -2.13. The smallest absolute Gasteiger partial charge is 0.246 e. The first kappa shape index (κ1) is 21.5. The highest BCUT2D eigenvalue weighted by molar-refractivity contribution is 7.92. The van der Waals surface area contributed by atoms with Crippen molar-refractivity contribution < 1.29 is 13.2 Å². The Kier molecular flexibility index (Phi) is 6.78. The monoisotopic (exact) mass is 428 g/mol. The predicted molar refractivity (Wildman–Crippen MR) is 111 cm³/mol. The summed E-state index contributed by atoms with van der Waals surface area (Å²) in [5.41, 5.74) is 2.26. The summed E-state index contributed by atoms with van der Waals surface area (Å²) in [5.74, 6) is -0.350. The lowest BCUT2D eigenvalue weighted by atomic mass is 10.1. The zero-order valence-electron chi connectivity index (χ0n) is 15.6. The standard InChI is InChI=1S/C19H22Cl2N2O3S/c1-13-5-7-15(8-6-13)12-22(3)19(24)14(2)23(27(4,25)26)18-11-16(20)9-10-17(18)21/h5-11,14H,12H2,1-4H3/t14-/m0/s1. The van der Waals surface area contributed by atoms with Crippen LogP contribution in [-0.4, -0.2) is 38.6 Å². The number of hydrogen-bond donors (Lipinski definition) is 0. The highest BCUT2D eigenvalue weighted by Gasteiger charge is 2.32. The minimum Gasteiger partial charge on any atom is -0.340 e. The molecule has 2 aromatic carbocycles. The second-order valence-corrected chi connectivity index (χ2v) is 9.21. The fraction of sp³-hybridized carbons (Fsp3) is 0.316. The summed E-state index contributed by atoms with van der Waals surface area (Å²) >= 11 is 12.2. The Hall–Kier alpha value is -1.76. The molecule has 0 N–H and O–H groups in total. The number of carbonyl (C=O) groups is 1. The van der Waals surface area contributed by atoms with E-state index in [2.05, 4.69) is 0 Å². The van der Waals surface area contributed by atoms with Crippen LogP contribution in [0.4, 0.5) is 5.69 Å². The van der Waals surface area contributed by atoms with Crippen LogP contribution in [-0.2, 0) is 21.4 Å².